The van der Waals surface area contributed by atoms with Crippen molar-refractivity contribution in [3.8, 4) is 5.88 Å². The molecule has 1 aliphatic carbocycles. The molecule has 0 saturated heterocycles. The molecule has 1 saturated carbocycles. The predicted molar refractivity (Wildman–Crippen MR) is 104 cm³/mol. The van der Waals surface area contributed by atoms with Gasteiger partial charge >= 0.3 is 0 Å². The molecule has 9 heteroatoms. The molecule has 2 bridgehead atoms. The molecule has 1 atom stereocenters. The Morgan fingerprint density at radius 2 is 2.04 bits per heavy atom. The summed E-state index contributed by atoms with van der Waals surface area (Å²) < 4.78 is 8.02. The second kappa shape index (κ2) is 7.52. The molecule has 1 aliphatic heterocycles. The Morgan fingerprint density at radius 3 is 2.81 bits per heavy atom. The summed E-state index contributed by atoms with van der Waals surface area (Å²) in [6.45, 7) is 4.61. The van der Waals surface area contributed by atoms with E-state index in [1.165, 1.54) is 0 Å². The monoisotopic (exact) mass is 392 g/mol. The number of hydrogen-bond donors (Lipinski definition) is 3. The number of aromatic nitrogens is 4. The van der Waals surface area contributed by atoms with Crippen LogP contribution in [0.1, 0.15) is 50.8 Å². The summed E-state index contributed by atoms with van der Waals surface area (Å²) in [4.78, 5) is 8.80. The van der Waals surface area contributed by atoms with Gasteiger partial charge in [-0.05, 0) is 39.5 Å². The summed E-state index contributed by atoms with van der Waals surface area (Å²) in [5, 5.41) is 21.6. The molecule has 2 aromatic rings. The Hall–Kier alpha value is -2.06. The number of halogens is 1. The summed E-state index contributed by atoms with van der Waals surface area (Å²) in [7, 11) is 0. The lowest BCUT2D eigenvalue weighted by Gasteiger charge is -2.26. The maximum atomic E-state index is 9.79. The second-order valence-corrected chi connectivity index (χ2v) is 7.78. The van der Waals surface area contributed by atoms with Gasteiger partial charge in [0.2, 0.25) is 5.95 Å². The van der Waals surface area contributed by atoms with E-state index >= 15 is 0 Å². The van der Waals surface area contributed by atoms with Crippen LogP contribution in [0.2, 0.25) is 5.02 Å². The molecule has 3 heterocycles. The van der Waals surface area contributed by atoms with Crippen LogP contribution in [0, 0.1) is 6.92 Å². The van der Waals surface area contributed by atoms with Crippen molar-refractivity contribution in [2.75, 3.05) is 17.2 Å². The van der Waals surface area contributed by atoms with E-state index in [2.05, 4.69) is 27.5 Å². The van der Waals surface area contributed by atoms with Crippen molar-refractivity contribution in [2.45, 2.75) is 64.1 Å². The van der Waals surface area contributed by atoms with Crippen molar-refractivity contribution in [1.82, 2.24) is 19.7 Å². The largest absolute Gasteiger partial charge is 0.475 e. The second-order valence-electron chi connectivity index (χ2n) is 7.37. The van der Waals surface area contributed by atoms with Crippen LogP contribution in [0.4, 0.5) is 17.5 Å². The third-order valence-corrected chi connectivity index (χ3v) is 5.56. The zero-order chi connectivity index (χ0) is 19.0. The van der Waals surface area contributed by atoms with Crippen molar-refractivity contribution in [3.05, 3.63) is 16.9 Å². The van der Waals surface area contributed by atoms with Gasteiger partial charge in [-0.15, -0.1) is 5.10 Å². The van der Waals surface area contributed by atoms with E-state index in [4.69, 9.17) is 21.4 Å². The number of anilines is 3. The minimum absolute atomic E-state index is 0.148. The summed E-state index contributed by atoms with van der Waals surface area (Å²) >= 11 is 6.22. The van der Waals surface area contributed by atoms with Crippen molar-refractivity contribution in [3.63, 3.8) is 0 Å². The molecule has 0 aromatic carbocycles. The number of ether oxygens (including phenoxy) is 1. The Bertz CT molecular complexity index is 818. The molecule has 4 rings (SSSR count). The first-order valence-electron chi connectivity index (χ1n) is 9.47. The fourth-order valence-corrected chi connectivity index (χ4v) is 3.82. The number of fused-ring (bicyclic) bond motifs is 3. The Morgan fingerprint density at radius 1 is 1.26 bits per heavy atom. The van der Waals surface area contributed by atoms with E-state index in [1.54, 1.807) is 6.20 Å². The van der Waals surface area contributed by atoms with Gasteiger partial charge in [0, 0.05) is 12.5 Å². The summed E-state index contributed by atoms with van der Waals surface area (Å²) in [5.41, 5.74) is 1.76. The van der Waals surface area contributed by atoms with Gasteiger partial charge in [0.15, 0.2) is 5.82 Å². The standard InChI is InChI=1S/C18H25ClN6O2/c1-10-7-8-27-17-15(22-18-20-9-14(19)16(21-10)23-18)11(2)25(24-17)12-3-5-13(26)6-4-12/h9-10,12-13,26H,3-8H2,1-2H3,(H2,20,21,22,23). The fourth-order valence-electron chi connectivity index (χ4n) is 3.67. The molecule has 27 heavy (non-hydrogen) atoms. The Balaban J connectivity index is 1.69. The third-order valence-electron chi connectivity index (χ3n) is 5.28. The number of nitrogens with one attached hydrogen (secondary N) is 2. The van der Waals surface area contributed by atoms with E-state index in [1.807, 2.05) is 11.6 Å². The molecule has 8 nitrogen and oxygen atoms in total. The fraction of sp³-hybridized carbons (Fsp3) is 0.611. The van der Waals surface area contributed by atoms with E-state index in [-0.39, 0.29) is 18.2 Å². The van der Waals surface area contributed by atoms with Crippen LogP contribution in [0.15, 0.2) is 6.20 Å². The number of hydrogen-bond acceptors (Lipinski definition) is 7. The minimum atomic E-state index is -0.196. The lowest BCUT2D eigenvalue weighted by Crippen LogP contribution is -2.22. The molecule has 1 fully saturated rings. The van der Waals surface area contributed by atoms with Crippen LogP contribution in [0.5, 0.6) is 5.88 Å². The number of rotatable bonds is 1. The van der Waals surface area contributed by atoms with Crippen molar-refractivity contribution >= 4 is 29.1 Å². The Kier molecular flexibility index (Phi) is 5.10. The van der Waals surface area contributed by atoms with E-state index in [0.717, 1.165) is 43.5 Å². The third kappa shape index (κ3) is 3.82. The number of aliphatic hydroxyl groups is 1. The van der Waals surface area contributed by atoms with Crippen LogP contribution < -0.4 is 15.4 Å². The lowest BCUT2D eigenvalue weighted by molar-refractivity contribution is 0.107. The highest BCUT2D eigenvalue weighted by Gasteiger charge is 2.27. The van der Waals surface area contributed by atoms with Crippen LogP contribution in [0.25, 0.3) is 0 Å². The first-order valence-corrected chi connectivity index (χ1v) is 9.85. The molecule has 2 aliphatic rings. The van der Waals surface area contributed by atoms with Gasteiger partial charge in [0.25, 0.3) is 5.88 Å². The molecule has 0 spiro atoms. The first-order chi connectivity index (χ1) is 13.0. The highest BCUT2D eigenvalue weighted by atomic mass is 35.5. The van der Waals surface area contributed by atoms with Crippen LogP contribution in [0.3, 0.4) is 0 Å². The van der Waals surface area contributed by atoms with Crippen LogP contribution in [-0.2, 0) is 0 Å². The van der Waals surface area contributed by atoms with Gasteiger partial charge in [0.05, 0.1) is 30.6 Å². The average Bonchev–Trinajstić information content (AvgIpc) is 2.93. The lowest BCUT2D eigenvalue weighted by atomic mass is 9.93. The molecule has 1 unspecified atom stereocenters. The minimum Gasteiger partial charge on any atom is -0.475 e. The summed E-state index contributed by atoms with van der Waals surface area (Å²) in [5.74, 6) is 1.62. The highest BCUT2D eigenvalue weighted by molar-refractivity contribution is 6.32. The molecule has 2 aromatic heterocycles. The molecule has 3 N–H and O–H groups in total. The molecule has 0 radical (unpaired) electrons. The normalized spacial score (nSPS) is 25.4. The SMILES string of the molecule is Cc1c2c(nn1C1CCC(O)CC1)OCCC(C)Nc1nc(ncc1Cl)N2. The number of nitrogens with zero attached hydrogens (tertiary/aromatic N) is 4. The van der Waals surface area contributed by atoms with Gasteiger partial charge in [-0.25, -0.2) is 4.98 Å². The van der Waals surface area contributed by atoms with Crippen molar-refractivity contribution in [1.29, 1.82) is 0 Å². The smallest absolute Gasteiger partial charge is 0.257 e. The predicted octanol–water partition coefficient (Wildman–Crippen LogP) is 3.44. The van der Waals surface area contributed by atoms with Gasteiger partial charge in [-0.1, -0.05) is 11.6 Å². The highest BCUT2D eigenvalue weighted by Crippen LogP contribution is 2.36. The first kappa shape index (κ1) is 18.3. The average molecular weight is 393 g/mol. The maximum Gasteiger partial charge on any atom is 0.257 e. The van der Waals surface area contributed by atoms with Crippen molar-refractivity contribution in [2.24, 2.45) is 0 Å². The zero-order valence-electron chi connectivity index (χ0n) is 15.6. The van der Waals surface area contributed by atoms with E-state index < -0.39 is 0 Å². The summed E-state index contributed by atoms with van der Waals surface area (Å²) in [6.07, 6.45) is 5.60. The Labute approximate surface area is 163 Å². The molecular formula is C18H25ClN6O2. The van der Waals surface area contributed by atoms with Crippen molar-refractivity contribution < 1.29 is 9.84 Å². The van der Waals surface area contributed by atoms with Gasteiger partial charge < -0.3 is 20.5 Å². The quantitative estimate of drug-likeness (QED) is 0.683. The van der Waals surface area contributed by atoms with E-state index in [0.29, 0.717) is 29.3 Å². The maximum absolute atomic E-state index is 9.79. The van der Waals surface area contributed by atoms with E-state index in [9.17, 15) is 5.11 Å². The molecular weight excluding hydrogens is 368 g/mol. The molecule has 0 amide bonds. The van der Waals surface area contributed by atoms with Gasteiger partial charge in [0.1, 0.15) is 10.7 Å². The van der Waals surface area contributed by atoms with Gasteiger partial charge in [-0.2, -0.15) is 4.98 Å². The topological polar surface area (TPSA) is 97.1 Å². The zero-order valence-corrected chi connectivity index (χ0v) is 16.3. The summed E-state index contributed by atoms with van der Waals surface area (Å²) in [6, 6.07) is 0.413. The number of aliphatic hydroxyl groups excluding tert-OH is 1. The van der Waals surface area contributed by atoms with Crippen LogP contribution >= 0.6 is 11.6 Å². The van der Waals surface area contributed by atoms with Gasteiger partial charge in [-0.3, -0.25) is 4.68 Å². The van der Waals surface area contributed by atoms with Crippen LogP contribution in [-0.4, -0.2) is 43.6 Å². The molecule has 146 valence electrons.